The van der Waals surface area contributed by atoms with Crippen LogP contribution in [-0.2, 0) is 6.54 Å². The fourth-order valence-electron chi connectivity index (χ4n) is 4.24. The number of nitrogens with one attached hydrogen (secondary N) is 2. The van der Waals surface area contributed by atoms with Gasteiger partial charge >= 0.3 is 0 Å². The average molecular weight is 478 g/mol. The summed E-state index contributed by atoms with van der Waals surface area (Å²) in [6.07, 6.45) is 3.22. The van der Waals surface area contributed by atoms with E-state index in [0.717, 1.165) is 43.7 Å². The van der Waals surface area contributed by atoms with Crippen LogP contribution in [0.15, 0.2) is 66.9 Å². The summed E-state index contributed by atoms with van der Waals surface area (Å²) in [5.41, 5.74) is 2.23. The van der Waals surface area contributed by atoms with Crippen molar-refractivity contribution in [2.75, 3.05) is 18.4 Å². The van der Waals surface area contributed by atoms with Gasteiger partial charge in [0.15, 0.2) is 0 Å². The highest BCUT2D eigenvalue weighted by atomic mass is 19.1. The molecule has 1 aliphatic heterocycles. The van der Waals surface area contributed by atoms with Gasteiger partial charge in [-0.05, 0) is 61.7 Å². The molecule has 2 aromatic carbocycles. The second-order valence-corrected chi connectivity index (χ2v) is 8.76. The quantitative estimate of drug-likeness (QED) is 0.360. The summed E-state index contributed by atoms with van der Waals surface area (Å²) in [4.78, 5) is 30.6. The Bertz CT molecular complexity index is 1170. The van der Waals surface area contributed by atoms with Gasteiger partial charge in [-0.3, -0.25) is 24.8 Å². The third-order valence-corrected chi connectivity index (χ3v) is 6.20. The maximum absolute atomic E-state index is 13.1. The van der Waals surface area contributed by atoms with Crippen molar-refractivity contribution in [1.29, 1.82) is 0 Å². The number of piperidine rings is 1. The molecule has 8 nitrogen and oxygen atoms in total. The molecule has 35 heavy (non-hydrogen) atoms. The molecule has 1 saturated heterocycles. The summed E-state index contributed by atoms with van der Waals surface area (Å²) in [6, 6.07) is 16.2. The summed E-state index contributed by atoms with van der Waals surface area (Å²) in [5, 5.41) is 17.8. The van der Waals surface area contributed by atoms with Crippen LogP contribution in [0.3, 0.4) is 0 Å². The number of benzene rings is 2. The smallest absolute Gasteiger partial charge is 0.293 e. The van der Waals surface area contributed by atoms with E-state index in [0.29, 0.717) is 5.69 Å². The normalized spacial score (nSPS) is 15.4. The molecule has 0 saturated carbocycles. The summed E-state index contributed by atoms with van der Waals surface area (Å²) < 4.78 is 13.1. The van der Waals surface area contributed by atoms with Crippen molar-refractivity contribution >= 4 is 17.3 Å². The topological polar surface area (TPSA) is 100 Å². The van der Waals surface area contributed by atoms with Crippen molar-refractivity contribution in [3.8, 4) is 0 Å². The van der Waals surface area contributed by atoms with Crippen molar-refractivity contribution in [2.24, 2.45) is 0 Å². The highest BCUT2D eigenvalue weighted by Crippen LogP contribution is 2.29. The predicted octanol–water partition coefficient (Wildman–Crippen LogP) is 4.70. The largest absolute Gasteiger partial charge is 0.371 e. The van der Waals surface area contributed by atoms with Crippen LogP contribution in [0.4, 0.5) is 15.8 Å². The van der Waals surface area contributed by atoms with E-state index in [4.69, 9.17) is 0 Å². The van der Waals surface area contributed by atoms with Gasteiger partial charge in [0.25, 0.3) is 11.6 Å². The highest BCUT2D eigenvalue weighted by molar-refractivity contribution is 5.96. The van der Waals surface area contributed by atoms with E-state index < -0.39 is 4.92 Å². The van der Waals surface area contributed by atoms with Crippen LogP contribution < -0.4 is 10.6 Å². The lowest BCUT2D eigenvalue weighted by Gasteiger charge is -2.32. The molecule has 0 spiro atoms. The molecule has 0 bridgehead atoms. The number of nitro benzene ring substituents is 1. The maximum atomic E-state index is 13.1. The Morgan fingerprint density at radius 2 is 1.91 bits per heavy atom. The monoisotopic (exact) mass is 477 g/mol. The van der Waals surface area contributed by atoms with Crippen molar-refractivity contribution in [3.63, 3.8) is 0 Å². The zero-order chi connectivity index (χ0) is 24.8. The first-order chi connectivity index (χ1) is 16.9. The first-order valence-corrected chi connectivity index (χ1v) is 11.6. The Kier molecular flexibility index (Phi) is 7.67. The van der Waals surface area contributed by atoms with Gasteiger partial charge in [-0.15, -0.1) is 0 Å². The second kappa shape index (κ2) is 11.1. The number of nitro groups is 1. The number of carbonyl (C=O) groups excluding carboxylic acids is 1. The molecule has 1 fully saturated rings. The Balaban J connectivity index is 1.35. The summed E-state index contributed by atoms with van der Waals surface area (Å²) in [6.45, 7) is 4.21. The maximum Gasteiger partial charge on any atom is 0.293 e. The van der Waals surface area contributed by atoms with E-state index in [2.05, 4.69) is 20.5 Å². The van der Waals surface area contributed by atoms with Crippen LogP contribution in [0.5, 0.6) is 0 Å². The van der Waals surface area contributed by atoms with Gasteiger partial charge in [-0.2, -0.15) is 0 Å². The number of nitrogens with zero attached hydrogens (tertiary/aromatic N) is 3. The Morgan fingerprint density at radius 1 is 1.17 bits per heavy atom. The van der Waals surface area contributed by atoms with Crippen LogP contribution in [0.1, 0.15) is 47.4 Å². The Morgan fingerprint density at radius 3 is 2.57 bits per heavy atom. The molecule has 2 heterocycles. The van der Waals surface area contributed by atoms with Crippen LogP contribution in [0, 0.1) is 15.9 Å². The molecule has 1 atom stereocenters. The Labute approximate surface area is 203 Å². The minimum atomic E-state index is -0.488. The molecule has 2 N–H and O–H groups in total. The fraction of sp³-hybridized carbons (Fsp3) is 0.308. The first-order valence-electron chi connectivity index (χ1n) is 11.6. The van der Waals surface area contributed by atoms with Gasteiger partial charge in [-0.25, -0.2) is 4.39 Å². The van der Waals surface area contributed by atoms with E-state index in [9.17, 15) is 19.3 Å². The van der Waals surface area contributed by atoms with Gasteiger partial charge in [0.1, 0.15) is 11.5 Å². The molecule has 3 aromatic rings. The Hall–Kier alpha value is -3.85. The molecule has 1 aliphatic rings. The van der Waals surface area contributed by atoms with Gasteiger partial charge in [-0.1, -0.05) is 18.2 Å². The highest BCUT2D eigenvalue weighted by Gasteiger charge is 2.24. The lowest BCUT2D eigenvalue weighted by molar-refractivity contribution is -0.384. The van der Waals surface area contributed by atoms with Crippen LogP contribution in [-0.4, -0.2) is 39.8 Å². The minimum Gasteiger partial charge on any atom is -0.371 e. The number of pyridine rings is 1. The molecule has 1 unspecified atom stereocenters. The van der Waals surface area contributed by atoms with Gasteiger partial charge in [0.2, 0.25) is 0 Å². The number of carbonyl (C=O) groups is 1. The predicted molar refractivity (Wildman–Crippen MR) is 132 cm³/mol. The summed E-state index contributed by atoms with van der Waals surface area (Å²) in [5.74, 6) is -0.573. The molecule has 9 heteroatoms. The number of likely N-dealkylation sites (tertiary alicyclic amines) is 1. The van der Waals surface area contributed by atoms with Gasteiger partial charge < -0.3 is 10.6 Å². The SMILES string of the molecule is CC(Nc1ccc(C(=O)NC2CCN(Cc3ccc(F)cc3)CC2)cc1[N+](=O)[O-])c1ccccn1. The molecular weight excluding hydrogens is 449 g/mol. The minimum absolute atomic E-state index is 0.00648. The molecule has 0 aliphatic carbocycles. The van der Waals surface area contributed by atoms with Crippen molar-refractivity contribution < 1.29 is 14.1 Å². The van der Waals surface area contributed by atoms with Crippen molar-refractivity contribution in [3.05, 3.63) is 99.6 Å². The molecular formula is C26H28FN5O3. The van der Waals surface area contributed by atoms with E-state index >= 15 is 0 Å². The molecule has 182 valence electrons. The number of hydrogen-bond acceptors (Lipinski definition) is 6. The average Bonchev–Trinajstić information content (AvgIpc) is 2.87. The number of halogens is 1. The number of aromatic nitrogens is 1. The number of hydrogen-bond donors (Lipinski definition) is 2. The number of rotatable bonds is 8. The van der Waals surface area contributed by atoms with E-state index in [1.165, 1.54) is 18.2 Å². The summed E-state index contributed by atoms with van der Waals surface area (Å²) in [7, 11) is 0. The van der Waals surface area contributed by atoms with Crippen molar-refractivity contribution in [1.82, 2.24) is 15.2 Å². The summed E-state index contributed by atoms with van der Waals surface area (Å²) >= 11 is 0. The van der Waals surface area contributed by atoms with Crippen LogP contribution in [0.25, 0.3) is 0 Å². The van der Waals surface area contributed by atoms with E-state index in [1.54, 1.807) is 30.5 Å². The third-order valence-electron chi connectivity index (χ3n) is 6.20. The van der Waals surface area contributed by atoms with E-state index in [1.807, 2.05) is 25.1 Å². The van der Waals surface area contributed by atoms with Gasteiger partial charge in [0, 0.05) is 43.5 Å². The molecule has 4 rings (SSSR count). The second-order valence-electron chi connectivity index (χ2n) is 8.76. The zero-order valence-electron chi connectivity index (χ0n) is 19.5. The van der Waals surface area contributed by atoms with Crippen LogP contribution in [0.2, 0.25) is 0 Å². The van der Waals surface area contributed by atoms with Crippen molar-refractivity contribution in [2.45, 2.75) is 38.4 Å². The van der Waals surface area contributed by atoms with Gasteiger partial charge in [0.05, 0.1) is 16.7 Å². The molecule has 1 amide bonds. The number of amides is 1. The van der Waals surface area contributed by atoms with E-state index in [-0.39, 0.29) is 35.1 Å². The zero-order valence-corrected chi connectivity index (χ0v) is 19.5. The third kappa shape index (κ3) is 6.39. The fourth-order valence-corrected chi connectivity index (χ4v) is 4.24. The lowest BCUT2D eigenvalue weighted by Crippen LogP contribution is -2.44. The lowest BCUT2D eigenvalue weighted by atomic mass is 10.0. The number of anilines is 1. The first kappa shape index (κ1) is 24.3. The molecule has 1 aromatic heterocycles. The standard InChI is InChI=1S/C26H28FN5O3/c1-18(23-4-2-3-13-28-23)29-24-10-7-20(16-25(24)32(34)35)26(33)30-22-11-14-31(15-12-22)17-19-5-8-21(27)9-6-19/h2-10,13,16,18,22,29H,11-12,14-15,17H2,1H3,(H,30,33). The van der Waals surface area contributed by atoms with Crippen LogP contribution >= 0.6 is 0 Å². The molecule has 0 radical (unpaired) electrons.